The number of rotatable bonds is 4. The van der Waals surface area contributed by atoms with Crippen LogP contribution in [0.4, 0.5) is 5.82 Å². The van der Waals surface area contributed by atoms with Crippen LogP contribution in [0.15, 0.2) is 30.9 Å². The number of carbonyl (C=O) groups excluding carboxylic acids is 1. The van der Waals surface area contributed by atoms with Crippen LogP contribution in [0.25, 0.3) is 16.8 Å². The van der Waals surface area contributed by atoms with Crippen LogP contribution in [0.5, 0.6) is 0 Å². The van der Waals surface area contributed by atoms with Gasteiger partial charge in [-0.3, -0.25) is 14.9 Å². The number of hydrogen-bond donors (Lipinski definition) is 2. The lowest BCUT2D eigenvalue weighted by atomic mass is 9.85. The number of aromatic nitrogens is 7. The number of H-pyrrole nitrogens is 1. The molecule has 0 aromatic carbocycles. The van der Waals surface area contributed by atoms with Crippen LogP contribution in [0.1, 0.15) is 77.9 Å². The second kappa shape index (κ2) is 7.59. The molecule has 178 valence electrons. The number of nitrogens with zero attached hydrogens (tertiary/aromatic N) is 7. The number of nitrogens with one attached hydrogen (secondary N) is 1. The van der Waals surface area contributed by atoms with E-state index < -0.39 is 0 Å². The number of piperidine rings is 1. The summed E-state index contributed by atoms with van der Waals surface area (Å²) in [6.45, 7) is 1.98. The van der Waals surface area contributed by atoms with E-state index in [0.29, 0.717) is 17.6 Å². The number of aromatic amines is 1. The minimum atomic E-state index is -0.0521. The van der Waals surface area contributed by atoms with Crippen LogP contribution in [0, 0.1) is 6.92 Å². The van der Waals surface area contributed by atoms with Crippen molar-refractivity contribution < 1.29 is 4.79 Å². The molecule has 1 aliphatic carbocycles. The van der Waals surface area contributed by atoms with Gasteiger partial charge in [0.25, 0.3) is 5.91 Å². The second-order valence-electron chi connectivity index (χ2n) is 10.2. The predicted molar refractivity (Wildman–Crippen MR) is 129 cm³/mol. The van der Waals surface area contributed by atoms with E-state index in [9.17, 15) is 4.79 Å². The van der Waals surface area contributed by atoms with Gasteiger partial charge >= 0.3 is 0 Å². The van der Waals surface area contributed by atoms with E-state index in [1.165, 1.54) is 6.33 Å². The molecule has 3 N–H and O–H groups in total. The van der Waals surface area contributed by atoms with Gasteiger partial charge in [-0.1, -0.05) is 6.07 Å². The molecular formula is C25H27N9O. The Labute approximate surface area is 202 Å². The van der Waals surface area contributed by atoms with E-state index in [1.54, 1.807) is 4.52 Å². The van der Waals surface area contributed by atoms with Gasteiger partial charge in [-0.2, -0.15) is 14.7 Å². The zero-order chi connectivity index (χ0) is 23.7. The maximum absolute atomic E-state index is 13.1. The lowest BCUT2D eigenvalue weighted by Crippen LogP contribution is -2.46. The van der Waals surface area contributed by atoms with E-state index in [4.69, 9.17) is 10.7 Å². The Balaban J connectivity index is 1.29. The van der Waals surface area contributed by atoms with Gasteiger partial charge in [0.2, 0.25) is 5.82 Å². The monoisotopic (exact) mass is 469 g/mol. The zero-order valence-electron chi connectivity index (χ0n) is 19.6. The number of nitrogens with two attached hydrogens (primary N) is 1. The van der Waals surface area contributed by atoms with E-state index in [2.05, 4.69) is 31.3 Å². The van der Waals surface area contributed by atoms with Gasteiger partial charge in [-0.15, -0.1) is 0 Å². The quantitative estimate of drug-likeness (QED) is 0.469. The van der Waals surface area contributed by atoms with Crippen molar-refractivity contribution in [3.05, 3.63) is 53.6 Å². The fourth-order valence-electron chi connectivity index (χ4n) is 6.14. The average Bonchev–Trinajstić information content (AvgIpc) is 3.25. The van der Waals surface area contributed by atoms with Crippen LogP contribution in [0.3, 0.4) is 0 Å². The maximum Gasteiger partial charge on any atom is 0.291 e. The number of aryl methyl sites for hydroxylation is 1. The van der Waals surface area contributed by atoms with Crippen LogP contribution in [-0.4, -0.2) is 57.7 Å². The molecule has 2 saturated heterocycles. The van der Waals surface area contributed by atoms with E-state index >= 15 is 0 Å². The van der Waals surface area contributed by atoms with Crippen molar-refractivity contribution in [1.29, 1.82) is 0 Å². The summed E-state index contributed by atoms with van der Waals surface area (Å²) in [6.07, 6.45) is 11.1. The van der Waals surface area contributed by atoms with E-state index in [0.717, 1.165) is 72.3 Å². The molecule has 1 saturated carbocycles. The molecule has 3 aliphatic rings. The smallest absolute Gasteiger partial charge is 0.291 e. The minimum Gasteiger partial charge on any atom is -0.383 e. The Morgan fingerprint density at radius 1 is 1.06 bits per heavy atom. The number of pyridine rings is 1. The zero-order valence-corrected chi connectivity index (χ0v) is 19.6. The van der Waals surface area contributed by atoms with Crippen LogP contribution >= 0.6 is 0 Å². The van der Waals surface area contributed by atoms with Gasteiger partial charge in [0.1, 0.15) is 12.1 Å². The third-order valence-corrected chi connectivity index (χ3v) is 7.93. The third-order valence-electron chi connectivity index (χ3n) is 7.93. The first-order valence-electron chi connectivity index (χ1n) is 12.4. The molecule has 0 radical (unpaired) electrons. The van der Waals surface area contributed by atoms with Gasteiger partial charge < -0.3 is 10.6 Å². The van der Waals surface area contributed by atoms with Crippen LogP contribution in [0.2, 0.25) is 0 Å². The molecule has 35 heavy (non-hydrogen) atoms. The highest BCUT2D eigenvalue weighted by atomic mass is 16.2. The Bertz CT molecular complexity index is 1410. The Morgan fingerprint density at radius 2 is 1.86 bits per heavy atom. The lowest BCUT2D eigenvalue weighted by molar-refractivity contribution is 0.0557. The van der Waals surface area contributed by atoms with Crippen molar-refractivity contribution in [3.8, 4) is 11.1 Å². The molecular weight excluding hydrogens is 442 g/mol. The van der Waals surface area contributed by atoms with Crippen molar-refractivity contribution in [2.24, 2.45) is 0 Å². The third kappa shape index (κ3) is 3.23. The topological polar surface area (TPSA) is 131 Å². The lowest BCUT2D eigenvalue weighted by Gasteiger charge is -2.39. The summed E-state index contributed by atoms with van der Waals surface area (Å²) in [7, 11) is 0. The summed E-state index contributed by atoms with van der Waals surface area (Å²) >= 11 is 0. The van der Waals surface area contributed by atoms with Crippen molar-refractivity contribution >= 4 is 17.4 Å². The van der Waals surface area contributed by atoms with Gasteiger partial charge in [0, 0.05) is 46.6 Å². The normalized spacial score (nSPS) is 23.8. The predicted octanol–water partition coefficient (Wildman–Crippen LogP) is 3.23. The summed E-state index contributed by atoms with van der Waals surface area (Å²) in [4.78, 5) is 28.9. The average molecular weight is 470 g/mol. The SMILES string of the molecule is Cc1ccc(-c2cnn3c(N)c(C4CC4)c(C4CC5CC[C@@H](C4)N5C(=O)c4ncn[nH]4)nc23)cn1. The Morgan fingerprint density at radius 3 is 2.51 bits per heavy atom. The molecule has 10 heteroatoms. The standard InChI is InChI=1S/C25H27N9O/c1-13-2-3-15(10-27-13)19-11-30-34-22(26)20(14-4-5-14)21(31-24(19)34)16-8-17-6-7-18(9-16)33(17)25(35)23-28-12-29-32-23/h2-3,10-12,14,16-18H,4-9,26H2,1H3,(H,28,29,32)/t16?,17-,18?/m0/s1. The van der Waals surface area contributed by atoms with Crippen molar-refractivity contribution in [3.63, 3.8) is 0 Å². The fraction of sp³-hybridized carbons (Fsp3) is 0.440. The van der Waals surface area contributed by atoms with Crippen LogP contribution < -0.4 is 5.73 Å². The fourth-order valence-corrected chi connectivity index (χ4v) is 6.14. The molecule has 10 nitrogen and oxygen atoms in total. The molecule has 4 aromatic rings. The summed E-state index contributed by atoms with van der Waals surface area (Å²) in [5.41, 5.74) is 12.7. The van der Waals surface area contributed by atoms with E-state index in [1.807, 2.05) is 30.3 Å². The van der Waals surface area contributed by atoms with Gasteiger partial charge in [-0.25, -0.2) is 9.97 Å². The molecule has 4 aromatic heterocycles. The van der Waals surface area contributed by atoms with Crippen molar-refractivity contribution in [2.75, 3.05) is 5.73 Å². The highest BCUT2D eigenvalue weighted by molar-refractivity contribution is 5.91. The van der Waals surface area contributed by atoms with Crippen LogP contribution in [-0.2, 0) is 0 Å². The highest BCUT2D eigenvalue weighted by Gasteiger charge is 2.46. The minimum absolute atomic E-state index is 0.0521. The number of anilines is 1. The molecule has 2 aliphatic heterocycles. The second-order valence-corrected chi connectivity index (χ2v) is 10.2. The summed E-state index contributed by atoms with van der Waals surface area (Å²) in [5.74, 6) is 1.67. The summed E-state index contributed by atoms with van der Waals surface area (Å²) < 4.78 is 1.80. The van der Waals surface area contributed by atoms with Gasteiger partial charge in [0.15, 0.2) is 5.65 Å². The number of nitrogen functional groups attached to an aromatic ring is 1. The Kier molecular flexibility index (Phi) is 4.46. The largest absolute Gasteiger partial charge is 0.383 e. The van der Waals surface area contributed by atoms with Crippen molar-refractivity contribution in [1.82, 2.24) is 39.7 Å². The Hall–Kier alpha value is -3.82. The van der Waals surface area contributed by atoms with E-state index in [-0.39, 0.29) is 23.9 Å². The molecule has 3 atom stereocenters. The molecule has 0 spiro atoms. The molecule has 7 rings (SSSR count). The van der Waals surface area contributed by atoms with Crippen molar-refractivity contribution in [2.45, 2.75) is 69.4 Å². The first-order chi connectivity index (χ1) is 17.1. The highest BCUT2D eigenvalue weighted by Crippen LogP contribution is 2.50. The molecule has 2 bridgehead atoms. The number of hydrogen-bond acceptors (Lipinski definition) is 7. The number of fused-ring (bicyclic) bond motifs is 3. The van der Waals surface area contributed by atoms with Gasteiger partial charge in [-0.05, 0) is 57.4 Å². The number of amides is 1. The molecule has 6 heterocycles. The maximum atomic E-state index is 13.1. The first kappa shape index (κ1) is 20.5. The van der Waals surface area contributed by atoms with Gasteiger partial charge in [0.05, 0.1) is 11.9 Å². The number of carbonyl (C=O) groups is 1. The summed E-state index contributed by atoms with van der Waals surface area (Å²) in [5, 5.41) is 11.2. The summed E-state index contributed by atoms with van der Waals surface area (Å²) in [6, 6.07) is 4.40. The molecule has 1 amide bonds. The molecule has 3 fully saturated rings. The first-order valence-corrected chi connectivity index (χ1v) is 12.4. The molecule has 2 unspecified atom stereocenters.